The van der Waals surface area contributed by atoms with Gasteiger partial charge in [0.25, 0.3) is 0 Å². The molecule has 7 heteroatoms. The molecule has 1 aromatic rings. The Labute approximate surface area is 96.0 Å². The van der Waals surface area contributed by atoms with E-state index in [2.05, 4.69) is 10.1 Å². The Morgan fingerprint density at radius 2 is 1.94 bits per heavy atom. The molecule has 92 valence electrons. The first kappa shape index (κ1) is 15.0. The minimum atomic E-state index is -4.76. The molecule has 0 aliphatic heterocycles. The molecule has 0 radical (unpaired) electrons. The molecule has 0 aliphatic carbocycles. The van der Waals surface area contributed by atoms with Gasteiger partial charge in [-0.1, -0.05) is 0 Å². The van der Waals surface area contributed by atoms with E-state index in [4.69, 9.17) is 0 Å². The maximum Gasteiger partial charge on any atom is 0.573 e. The van der Waals surface area contributed by atoms with E-state index in [1.165, 1.54) is 0 Å². The highest BCUT2D eigenvalue weighted by Crippen LogP contribution is 2.24. The van der Waals surface area contributed by atoms with Gasteiger partial charge in [-0.15, -0.1) is 25.6 Å². The Hall–Kier alpha value is -1.01. The summed E-state index contributed by atoms with van der Waals surface area (Å²) in [5.74, 6) is -0.993. The van der Waals surface area contributed by atoms with Crippen molar-refractivity contribution in [3.05, 3.63) is 29.6 Å². The first-order valence-corrected chi connectivity index (χ1v) is 4.11. The average Bonchev–Trinajstić information content (AvgIpc) is 2.09. The van der Waals surface area contributed by atoms with E-state index in [1.807, 2.05) is 0 Å². The van der Waals surface area contributed by atoms with Crippen LogP contribution in [0.1, 0.15) is 5.56 Å². The molecule has 0 bridgehead atoms. The van der Waals surface area contributed by atoms with Gasteiger partial charge in [0.1, 0.15) is 11.6 Å². The number of ether oxygens (including phenoxy) is 1. The molecule has 1 aromatic carbocycles. The third-order valence-corrected chi connectivity index (χ3v) is 1.62. The zero-order valence-electron chi connectivity index (χ0n) is 8.27. The summed E-state index contributed by atoms with van der Waals surface area (Å²) >= 11 is 0. The van der Waals surface area contributed by atoms with E-state index in [9.17, 15) is 17.6 Å². The molecular formula is C9H10ClF4NO. The lowest BCUT2D eigenvalue weighted by atomic mass is 10.2. The van der Waals surface area contributed by atoms with E-state index >= 15 is 0 Å². The van der Waals surface area contributed by atoms with Gasteiger partial charge in [-0.05, 0) is 25.2 Å². The molecule has 0 saturated carbocycles. The second-order valence-corrected chi connectivity index (χ2v) is 2.83. The van der Waals surface area contributed by atoms with Gasteiger partial charge in [0.05, 0.1) is 0 Å². The predicted octanol–water partition coefficient (Wildman–Crippen LogP) is 2.87. The van der Waals surface area contributed by atoms with Gasteiger partial charge >= 0.3 is 6.36 Å². The summed E-state index contributed by atoms with van der Waals surface area (Å²) in [6, 6.07) is 2.88. The summed E-state index contributed by atoms with van der Waals surface area (Å²) in [7, 11) is 1.57. The van der Waals surface area contributed by atoms with Crippen molar-refractivity contribution in [3.8, 4) is 5.75 Å². The maximum atomic E-state index is 13.0. The normalized spacial score (nSPS) is 10.8. The molecule has 2 nitrogen and oxygen atoms in total. The lowest BCUT2D eigenvalue weighted by Gasteiger charge is -2.10. The average molecular weight is 260 g/mol. The minimum Gasteiger partial charge on any atom is -0.406 e. The Bertz CT molecular complexity index is 343. The van der Waals surface area contributed by atoms with Crippen molar-refractivity contribution in [1.29, 1.82) is 0 Å². The fourth-order valence-electron chi connectivity index (χ4n) is 1.07. The van der Waals surface area contributed by atoms with Crippen LogP contribution in [0.15, 0.2) is 18.2 Å². The van der Waals surface area contributed by atoms with Crippen molar-refractivity contribution in [2.75, 3.05) is 7.05 Å². The smallest absolute Gasteiger partial charge is 0.406 e. The Balaban J connectivity index is 0.00000225. The number of rotatable bonds is 3. The second-order valence-electron chi connectivity index (χ2n) is 2.83. The molecule has 0 aromatic heterocycles. The predicted molar refractivity (Wildman–Crippen MR) is 53.1 cm³/mol. The monoisotopic (exact) mass is 259 g/mol. The quantitative estimate of drug-likeness (QED) is 0.843. The third kappa shape index (κ3) is 4.67. The maximum absolute atomic E-state index is 13.0. The second kappa shape index (κ2) is 5.91. The summed E-state index contributed by atoms with van der Waals surface area (Å²) < 4.78 is 52.1. The number of halogens is 5. The minimum absolute atomic E-state index is 0. The first-order chi connectivity index (χ1) is 6.92. The molecule has 1 rings (SSSR count). The van der Waals surface area contributed by atoms with Crippen molar-refractivity contribution in [2.45, 2.75) is 12.9 Å². The van der Waals surface area contributed by atoms with Crippen LogP contribution in [-0.4, -0.2) is 13.4 Å². The lowest BCUT2D eigenvalue weighted by molar-refractivity contribution is -0.274. The zero-order chi connectivity index (χ0) is 11.5. The van der Waals surface area contributed by atoms with Crippen molar-refractivity contribution in [2.24, 2.45) is 0 Å². The summed E-state index contributed by atoms with van der Waals surface area (Å²) in [4.78, 5) is 0. The summed E-state index contributed by atoms with van der Waals surface area (Å²) in [6.45, 7) is 0.140. The number of hydrogen-bond donors (Lipinski definition) is 1. The highest BCUT2D eigenvalue weighted by Gasteiger charge is 2.31. The molecule has 0 unspecified atom stereocenters. The largest absolute Gasteiger partial charge is 0.573 e. The highest BCUT2D eigenvalue weighted by molar-refractivity contribution is 5.85. The van der Waals surface area contributed by atoms with Gasteiger partial charge < -0.3 is 10.1 Å². The van der Waals surface area contributed by atoms with Crippen LogP contribution in [0.25, 0.3) is 0 Å². The highest BCUT2D eigenvalue weighted by atomic mass is 35.5. The van der Waals surface area contributed by atoms with E-state index in [0.29, 0.717) is 0 Å². The van der Waals surface area contributed by atoms with Crippen LogP contribution >= 0.6 is 12.4 Å². The molecule has 0 amide bonds. The van der Waals surface area contributed by atoms with Gasteiger partial charge in [-0.3, -0.25) is 0 Å². The van der Waals surface area contributed by atoms with Crippen LogP contribution in [0.4, 0.5) is 17.6 Å². The Morgan fingerprint density at radius 3 is 2.44 bits per heavy atom. The van der Waals surface area contributed by atoms with E-state index in [0.717, 1.165) is 18.2 Å². The number of hydrogen-bond acceptors (Lipinski definition) is 2. The fraction of sp³-hybridized carbons (Fsp3) is 0.333. The Morgan fingerprint density at radius 1 is 1.31 bits per heavy atom. The topological polar surface area (TPSA) is 21.3 Å². The standard InChI is InChI=1S/C9H9F4NO.ClH/c1-14-5-6-4-7(2-3-8(6)10)15-9(11,12)13;/h2-4,14H,5H2,1H3;1H. The van der Waals surface area contributed by atoms with Gasteiger partial charge in [0, 0.05) is 12.1 Å². The first-order valence-electron chi connectivity index (χ1n) is 4.11. The third-order valence-electron chi connectivity index (χ3n) is 1.62. The van der Waals surface area contributed by atoms with Crippen LogP contribution in [0.3, 0.4) is 0 Å². The Kier molecular flexibility index (Phi) is 5.53. The van der Waals surface area contributed by atoms with Crippen LogP contribution < -0.4 is 10.1 Å². The van der Waals surface area contributed by atoms with Crippen molar-refractivity contribution in [1.82, 2.24) is 5.32 Å². The molecule has 0 aliphatic rings. The fourth-order valence-corrected chi connectivity index (χ4v) is 1.07. The molecule has 0 heterocycles. The molecule has 0 saturated heterocycles. The summed E-state index contributed by atoms with van der Waals surface area (Å²) in [6.07, 6.45) is -4.76. The van der Waals surface area contributed by atoms with Gasteiger partial charge in [-0.2, -0.15) is 0 Å². The molecule has 0 fully saturated rings. The van der Waals surface area contributed by atoms with Gasteiger partial charge in [0.2, 0.25) is 0 Å². The van der Waals surface area contributed by atoms with Crippen LogP contribution in [-0.2, 0) is 6.54 Å². The number of alkyl halides is 3. The van der Waals surface area contributed by atoms with Crippen molar-refractivity contribution >= 4 is 12.4 Å². The number of nitrogens with one attached hydrogen (secondary N) is 1. The summed E-state index contributed by atoms with van der Waals surface area (Å²) in [5, 5.41) is 2.64. The molecule has 16 heavy (non-hydrogen) atoms. The van der Waals surface area contributed by atoms with Crippen LogP contribution in [0.2, 0.25) is 0 Å². The SMILES string of the molecule is CNCc1cc(OC(F)(F)F)ccc1F.Cl. The van der Waals surface area contributed by atoms with E-state index in [-0.39, 0.29) is 24.5 Å². The van der Waals surface area contributed by atoms with Crippen LogP contribution in [0, 0.1) is 5.82 Å². The van der Waals surface area contributed by atoms with Crippen molar-refractivity contribution < 1.29 is 22.3 Å². The number of benzene rings is 1. The molecule has 0 atom stereocenters. The summed E-state index contributed by atoms with van der Waals surface area (Å²) in [5.41, 5.74) is 0.124. The molecule has 0 spiro atoms. The van der Waals surface area contributed by atoms with E-state index in [1.54, 1.807) is 7.05 Å². The van der Waals surface area contributed by atoms with E-state index < -0.39 is 17.9 Å². The van der Waals surface area contributed by atoms with Crippen molar-refractivity contribution in [3.63, 3.8) is 0 Å². The molecule has 1 N–H and O–H groups in total. The zero-order valence-corrected chi connectivity index (χ0v) is 9.08. The van der Waals surface area contributed by atoms with Crippen LogP contribution in [0.5, 0.6) is 5.75 Å². The molecular weight excluding hydrogens is 250 g/mol. The van der Waals surface area contributed by atoms with Gasteiger partial charge in [-0.25, -0.2) is 4.39 Å². The van der Waals surface area contributed by atoms with Gasteiger partial charge in [0.15, 0.2) is 0 Å². The lowest BCUT2D eigenvalue weighted by Crippen LogP contribution is -2.17.